The summed E-state index contributed by atoms with van der Waals surface area (Å²) in [7, 11) is 0. The van der Waals surface area contributed by atoms with Crippen molar-refractivity contribution in [1.82, 2.24) is 24.9 Å². The number of para-hydroxylation sites is 1. The van der Waals surface area contributed by atoms with E-state index in [9.17, 15) is 0 Å². The van der Waals surface area contributed by atoms with E-state index in [1.165, 1.54) is 0 Å². The summed E-state index contributed by atoms with van der Waals surface area (Å²) in [6.45, 7) is 0. The Labute approximate surface area is 250 Å². The molecule has 0 aliphatic heterocycles. The van der Waals surface area contributed by atoms with E-state index in [4.69, 9.17) is 23.8 Å². The highest BCUT2D eigenvalue weighted by Gasteiger charge is 2.17. The monoisotopic (exact) mass is 567 g/mol. The lowest BCUT2D eigenvalue weighted by atomic mass is 10.0. The maximum absolute atomic E-state index is 6.45. The Morgan fingerprint density at radius 1 is 0.455 bits per heavy atom. The Bertz CT molecular complexity index is 2440. The van der Waals surface area contributed by atoms with Crippen LogP contribution in [0.2, 0.25) is 0 Å². The first kappa shape index (κ1) is 24.4. The molecule has 0 bridgehead atoms. The highest BCUT2D eigenvalue weighted by atomic mass is 16.3. The number of hydrogen-bond acceptors (Lipinski definition) is 7. The molecule has 7 nitrogen and oxygen atoms in total. The Morgan fingerprint density at radius 2 is 1.07 bits per heavy atom. The molecule has 4 heterocycles. The molecule has 0 fully saturated rings. The molecule has 206 valence electrons. The van der Waals surface area contributed by atoms with Crippen molar-refractivity contribution in [2.24, 2.45) is 0 Å². The molecule has 0 aliphatic rings. The normalized spacial score (nSPS) is 11.6. The van der Waals surface area contributed by atoms with Gasteiger partial charge in [-0.15, -0.1) is 0 Å². The standard InChI is InChI=1S/C37H21N5O2/c1-3-8-22(9-4-1)35-40-36(23-10-5-2-6-11-23)42-37(41-35)25-15-17-28-27-16-14-24(18-30(27)43-31(28)19-25)26-12-7-13-29-33-32(44-34(26)29)20-38-21-39-33/h1-21H. The van der Waals surface area contributed by atoms with Crippen molar-refractivity contribution in [3.8, 4) is 45.3 Å². The van der Waals surface area contributed by atoms with Crippen LogP contribution in [0.25, 0.3) is 89.3 Å². The summed E-state index contributed by atoms with van der Waals surface area (Å²) in [6, 6.07) is 38.4. The molecule has 0 aliphatic carbocycles. The minimum Gasteiger partial charge on any atom is -0.456 e. The second-order valence-electron chi connectivity index (χ2n) is 10.6. The van der Waals surface area contributed by atoms with Crippen molar-refractivity contribution in [3.63, 3.8) is 0 Å². The summed E-state index contributed by atoms with van der Waals surface area (Å²) in [5.74, 6) is 1.82. The lowest BCUT2D eigenvalue weighted by Gasteiger charge is -2.08. The largest absolute Gasteiger partial charge is 0.456 e. The number of aromatic nitrogens is 5. The SMILES string of the molecule is c1ccc(-c2nc(-c3ccccc3)nc(-c3ccc4c(c3)oc3cc(-c5cccc6c5oc5cncnc56)ccc34)n2)cc1. The molecule has 0 saturated heterocycles. The fourth-order valence-electron chi connectivity index (χ4n) is 5.79. The van der Waals surface area contributed by atoms with Crippen LogP contribution in [0.5, 0.6) is 0 Å². The van der Waals surface area contributed by atoms with Crippen LogP contribution in [-0.2, 0) is 0 Å². The van der Waals surface area contributed by atoms with Crippen molar-refractivity contribution < 1.29 is 8.83 Å². The fraction of sp³-hybridized carbons (Fsp3) is 0. The van der Waals surface area contributed by atoms with E-state index >= 15 is 0 Å². The smallest absolute Gasteiger partial charge is 0.172 e. The van der Waals surface area contributed by atoms with Crippen LogP contribution in [0.4, 0.5) is 0 Å². The van der Waals surface area contributed by atoms with Gasteiger partial charge in [0, 0.05) is 38.4 Å². The van der Waals surface area contributed by atoms with Gasteiger partial charge in [0.15, 0.2) is 23.1 Å². The molecule has 44 heavy (non-hydrogen) atoms. The van der Waals surface area contributed by atoms with E-state index in [1.54, 1.807) is 12.5 Å². The van der Waals surface area contributed by atoms with Crippen molar-refractivity contribution in [3.05, 3.63) is 128 Å². The molecule has 7 heteroatoms. The number of fused-ring (bicyclic) bond motifs is 6. The molecule has 0 radical (unpaired) electrons. The highest BCUT2D eigenvalue weighted by Crippen LogP contribution is 2.38. The predicted octanol–water partition coefficient (Wildman–Crippen LogP) is 9.13. The Balaban J connectivity index is 1.17. The van der Waals surface area contributed by atoms with E-state index in [0.717, 1.165) is 66.2 Å². The van der Waals surface area contributed by atoms with Crippen LogP contribution in [-0.4, -0.2) is 24.9 Å². The van der Waals surface area contributed by atoms with Crippen LogP contribution >= 0.6 is 0 Å². The molecule has 9 aromatic rings. The van der Waals surface area contributed by atoms with Gasteiger partial charge in [0.2, 0.25) is 0 Å². The second kappa shape index (κ2) is 9.68. The van der Waals surface area contributed by atoms with Crippen LogP contribution in [0.1, 0.15) is 0 Å². The Kier molecular flexibility index (Phi) is 5.36. The van der Waals surface area contributed by atoms with Gasteiger partial charge in [0.05, 0.1) is 6.20 Å². The molecule has 0 unspecified atom stereocenters. The molecular weight excluding hydrogens is 546 g/mol. The molecule has 4 aromatic heterocycles. The molecular formula is C37H21N5O2. The molecule has 9 rings (SSSR count). The topological polar surface area (TPSA) is 90.7 Å². The third-order valence-electron chi connectivity index (χ3n) is 7.90. The fourth-order valence-corrected chi connectivity index (χ4v) is 5.79. The summed E-state index contributed by atoms with van der Waals surface area (Å²) >= 11 is 0. The van der Waals surface area contributed by atoms with Gasteiger partial charge < -0.3 is 8.83 Å². The average Bonchev–Trinajstić information content (AvgIpc) is 3.66. The molecule has 0 N–H and O–H groups in total. The van der Waals surface area contributed by atoms with Gasteiger partial charge in [0.25, 0.3) is 0 Å². The number of furan rings is 2. The van der Waals surface area contributed by atoms with E-state index < -0.39 is 0 Å². The minimum atomic E-state index is 0.584. The lowest BCUT2D eigenvalue weighted by Crippen LogP contribution is -2.00. The predicted molar refractivity (Wildman–Crippen MR) is 172 cm³/mol. The second-order valence-corrected chi connectivity index (χ2v) is 10.6. The van der Waals surface area contributed by atoms with Crippen LogP contribution in [0.3, 0.4) is 0 Å². The maximum Gasteiger partial charge on any atom is 0.172 e. The third-order valence-corrected chi connectivity index (χ3v) is 7.90. The quantitative estimate of drug-likeness (QED) is 0.209. The van der Waals surface area contributed by atoms with Gasteiger partial charge in [-0.3, -0.25) is 0 Å². The van der Waals surface area contributed by atoms with Gasteiger partial charge in [-0.25, -0.2) is 24.9 Å². The van der Waals surface area contributed by atoms with Crippen LogP contribution in [0, 0.1) is 0 Å². The number of hydrogen-bond donors (Lipinski definition) is 0. The average molecular weight is 568 g/mol. The van der Waals surface area contributed by atoms with Crippen LogP contribution in [0.15, 0.2) is 137 Å². The molecule has 0 atom stereocenters. The molecule has 0 saturated carbocycles. The highest BCUT2D eigenvalue weighted by molar-refractivity contribution is 6.10. The van der Waals surface area contributed by atoms with Crippen LogP contribution < -0.4 is 0 Å². The van der Waals surface area contributed by atoms with E-state index in [-0.39, 0.29) is 0 Å². The lowest BCUT2D eigenvalue weighted by molar-refractivity contribution is 0.666. The van der Waals surface area contributed by atoms with E-state index in [2.05, 4.69) is 40.3 Å². The number of nitrogens with zero attached hydrogens (tertiary/aromatic N) is 5. The number of benzene rings is 5. The molecule has 5 aromatic carbocycles. The zero-order valence-corrected chi connectivity index (χ0v) is 23.2. The van der Waals surface area contributed by atoms with E-state index in [1.807, 2.05) is 84.9 Å². The van der Waals surface area contributed by atoms with Crippen molar-refractivity contribution in [2.75, 3.05) is 0 Å². The summed E-state index contributed by atoms with van der Waals surface area (Å²) in [5, 5.41) is 3.01. The van der Waals surface area contributed by atoms with E-state index in [0.29, 0.717) is 23.1 Å². The third kappa shape index (κ3) is 3.94. The van der Waals surface area contributed by atoms with Gasteiger partial charge in [-0.05, 0) is 35.9 Å². The summed E-state index contributed by atoms with van der Waals surface area (Å²) in [4.78, 5) is 23.1. The van der Waals surface area contributed by atoms with Gasteiger partial charge in [-0.1, -0.05) is 84.9 Å². The van der Waals surface area contributed by atoms with Crippen molar-refractivity contribution >= 4 is 44.0 Å². The Morgan fingerprint density at radius 3 is 1.75 bits per heavy atom. The first-order valence-electron chi connectivity index (χ1n) is 14.2. The first-order valence-corrected chi connectivity index (χ1v) is 14.2. The van der Waals surface area contributed by atoms with Gasteiger partial charge in [0.1, 0.15) is 28.6 Å². The van der Waals surface area contributed by atoms with Gasteiger partial charge in [-0.2, -0.15) is 0 Å². The molecule has 0 amide bonds. The number of rotatable bonds is 4. The summed E-state index contributed by atoms with van der Waals surface area (Å²) < 4.78 is 12.6. The minimum absolute atomic E-state index is 0.584. The molecule has 0 spiro atoms. The zero-order chi connectivity index (χ0) is 29.0. The van der Waals surface area contributed by atoms with Gasteiger partial charge >= 0.3 is 0 Å². The zero-order valence-electron chi connectivity index (χ0n) is 23.2. The van der Waals surface area contributed by atoms with Crippen molar-refractivity contribution in [1.29, 1.82) is 0 Å². The maximum atomic E-state index is 6.45. The Hall–Kier alpha value is -6.21. The first-order chi connectivity index (χ1) is 21.8. The summed E-state index contributed by atoms with van der Waals surface area (Å²) in [6.07, 6.45) is 3.24. The summed E-state index contributed by atoms with van der Waals surface area (Å²) in [5.41, 5.74) is 8.45. The van der Waals surface area contributed by atoms with Crippen molar-refractivity contribution in [2.45, 2.75) is 0 Å².